The van der Waals surface area contributed by atoms with E-state index < -0.39 is 11.9 Å². The maximum absolute atomic E-state index is 11.2. The molecule has 20 heavy (non-hydrogen) atoms. The van der Waals surface area contributed by atoms with E-state index in [4.69, 9.17) is 32.7 Å². The molecule has 0 aromatic heterocycles. The van der Waals surface area contributed by atoms with Gasteiger partial charge in [0, 0.05) is 22.7 Å². The quantitative estimate of drug-likeness (QED) is 0.186. The Labute approximate surface area is 136 Å². The minimum Gasteiger partial charge on any atom is -0.461 e. The molecular weight excluding hydrogens is 343 g/mol. The normalized spacial score (nSPS) is 9.90. The zero-order chi connectivity index (χ0) is 15.4. The van der Waals surface area contributed by atoms with Crippen LogP contribution in [-0.2, 0) is 19.1 Å². The van der Waals surface area contributed by atoms with Gasteiger partial charge in [0.15, 0.2) is 0 Å². The highest BCUT2D eigenvalue weighted by atomic mass is 35.5. The van der Waals surface area contributed by atoms with E-state index in [-0.39, 0.29) is 36.1 Å². The van der Waals surface area contributed by atoms with E-state index in [0.29, 0.717) is 11.5 Å². The van der Waals surface area contributed by atoms with Crippen molar-refractivity contribution in [1.29, 1.82) is 0 Å². The summed E-state index contributed by atoms with van der Waals surface area (Å²) >= 11 is 10.9. The van der Waals surface area contributed by atoms with Crippen molar-refractivity contribution in [3.05, 3.63) is 24.3 Å². The lowest BCUT2D eigenvalue weighted by molar-refractivity contribution is -0.139. The summed E-state index contributed by atoms with van der Waals surface area (Å²) in [5, 5.41) is 0. The fourth-order valence-corrected chi connectivity index (χ4v) is 2.64. The van der Waals surface area contributed by atoms with Crippen molar-refractivity contribution in [2.45, 2.75) is 0 Å². The third kappa shape index (κ3) is 9.58. The van der Waals surface area contributed by atoms with Gasteiger partial charge in [0.05, 0.1) is 11.8 Å². The van der Waals surface area contributed by atoms with Crippen LogP contribution in [-0.4, -0.2) is 48.4 Å². The fraction of sp³-hybridized carbons (Fsp3) is 0.500. The average Bonchev–Trinajstić information content (AvgIpc) is 2.47. The van der Waals surface area contributed by atoms with Gasteiger partial charge in [-0.1, -0.05) is 34.7 Å². The molecule has 0 saturated heterocycles. The molecule has 0 aliphatic rings. The highest BCUT2D eigenvalue weighted by molar-refractivity contribution is 8.76. The lowest BCUT2D eigenvalue weighted by Crippen LogP contribution is -2.11. The molecule has 4 nitrogen and oxygen atoms in total. The molecule has 0 rings (SSSR count). The number of hydrogen-bond acceptors (Lipinski definition) is 6. The first-order chi connectivity index (χ1) is 9.52. The molecule has 8 heteroatoms. The predicted molar refractivity (Wildman–Crippen MR) is 86.6 cm³/mol. The zero-order valence-electron chi connectivity index (χ0n) is 10.9. The van der Waals surface area contributed by atoms with Gasteiger partial charge in [-0.3, -0.25) is 0 Å². The number of carbonyl (C=O) groups excluding carboxylic acids is 2. The summed E-state index contributed by atoms with van der Waals surface area (Å²) in [5.74, 6) is 0.459. The van der Waals surface area contributed by atoms with Crippen molar-refractivity contribution >= 4 is 56.7 Å². The summed E-state index contributed by atoms with van der Waals surface area (Å²) < 4.78 is 9.83. The molecule has 0 radical (unpaired) electrons. The average molecular weight is 359 g/mol. The molecule has 0 saturated carbocycles. The Hall–Kier alpha value is -0.300. The van der Waals surface area contributed by atoms with Crippen LogP contribution in [0.25, 0.3) is 0 Å². The van der Waals surface area contributed by atoms with Crippen molar-refractivity contribution in [3.8, 4) is 0 Å². The zero-order valence-corrected chi connectivity index (χ0v) is 14.0. The molecule has 0 aliphatic carbocycles. The summed E-state index contributed by atoms with van der Waals surface area (Å²) in [6.45, 7) is 7.51. The maximum Gasteiger partial charge on any atom is 0.334 e. The van der Waals surface area contributed by atoms with E-state index in [1.807, 2.05) is 0 Å². The Morgan fingerprint density at radius 1 is 0.850 bits per heavy atom. The van der Waals surface area contributed by atoms with Crippen molar-refractivity contribution in [2.24, 2.45) is 0 Å². The second-order valence-corrected chi connectivity index (χ2v) is 6.63. The Kier molecular flexibility index (Phi) is 12.3. The summed E-state index contributed by atoms with van der Waals surface area (Å²) in [7, 11) is 3.03. The van der Waals surface area contributed by atoms with Crippen LogP contribution < -0.4 is 0 Å². The second kappa shape index (κ2) is 12.4. The third-order valence-corrected chi connectivity index (χ3v) is 4.76. The lowest BCUT2D eigenvalue weighted by atomic mass is 10.4. The van der Waals surface area contributed by atoms with Gasteiger partial charge in [-0.2, -0.15) is 0 Å². The Morgan fingerprint density at radius 2 is 1.20 bits per heavy atom. The second-order valence-electron chi connectivity index (χ2n) is 3.39. The number of ether oxygens (including phenoxy) is 2. The molecule has 0 N–H and O–H groups in total. The molecule has 0 aromatic rings. The number of alkyl halides is 2. The van der Waals surface area contributed by atoms with Crippen LogP contribution >= 0.6 is 44.8 Å². The molecule has 0 unspecified atom stereocenters. The SMILES string of the molecule is C=C(CCl)C(=O)OCCSSCCOC(=O)C(=C)CCl. The molecule has 0 heterocycles. The molecule has 0 bridgehead atoms. The van der Waals surface area contributed by atoms with Crippen LogP contribution in [0.5, 0.6) is 0 Å². The molecule has 0 amide bonds. The van der Waals surface area contributed by atoms with Gasteiger partial charge in [0.2, 0.25) is 0 Å². The van der Waals surface area contributed by atoms with Crippen LogP contribution in [0.15, 0.2) is 24.3 Å². The Morgan fingerprint density at radius 3 is 1.50 bits per heavy atom. The first-order valence-electron chi connectivity index (χ1n) is 5.59. The summed E-state index contributed by atoms with van der Waals surface area (Å²) in [6, 6.07) is 0. The van der Waals surface area contributed by atoms with Gasteiger partial charge in [0.1, 0.15) is 13.2 Å². The van der Waals surface area contributed by atoms with E-state index in [2.05, 4.69) is 13.2 Å². The van der Waals surface area contributed by atoms with Gasteiger partial charge in [-0.25, -0.2) is 9.59 Å². The third-order valence-electron chi connectivity index (χ3n) is 1.78. The smallest absolute Gasteiger partial charge is 0.334 e. The van der Waals surface area contributed by atoms with E-state index in [1.165, 1.54) is 21.6 Å². The van der Waals surface area contributed by atoms with Crippen molar-refractivity contribution in [1.82, 2.24) is 0 Å². The fourth-order valence-electron chi connectivity index (χ4n) is 0.768. The summed E-state index contributed by atoms with van der Waals surface area (Å²) in [4.78, 5) is 22.4. The number of carbonyl (C=O) groups is 2. The van der Waals surface area contributed by atoms with E-state index in [9.17, 15) is 9.59 Å². The molecule has 0 atom stereocenters. The van der Waals surface area contributed by atoms with E-state index in [1.54, 1.807) is 0 Å². The largest absolute Gasteiger partial charge is 0.461 e. The van der Waals surface area contributed by atoms with Crippen LogP contribution in [0, 0.1) is 0 Å². The number of esters is 2. The predicted octanol–water partition coefficient (Wildman–Crippen LogP) is 3.04. The Balaban J connectivity index is 3.42. The molecular formula is C12H16Cl2O4S2. The summed E-state index contributed by atoms with van der Waals surface area (Å²) in [5.41, 5.74) is 0.492. The van der Waals surface area contributed by atoms with Gasteiger partial charge in [-0.05, 0) is 0 Å². The molecule has 0 aliphatic heterocycles. The van der Waals surface area contributed by atoms with Crippen molar-refractivity contribution in [2.75, 3.05) is 36.5 Å². The van der Waals surface area contributed by atoms with Gasteiger partial charge < -0.3 is 9.47 Å². The highest BCUT2D eigenvalue weighted by Gasteiger charge is 2.07. The van der Waals surface area contributed by atoms with Crippen LogP contribution in [0.4, 0.5) is 0 Å². The van der Waals surface area contributed by atoms with Gasteiger partial charge in [0.25, 0.3) is 0 Å². The molecule has 114 valence electrons. The first-order valence-corrected chi connectivity index (χ1v) is 9.14. The molecule has 0 fully saturated rings. The van der Waals surface area contributed by atoms with E-state index in [0.717, 1.165) is 0 Å². The first kappa shape index (κ1) is 19.7. The van der Waals surface area contributed by atoms with E-state index >= 15 is 0 Å². The highest BCUT2D eigenvalue weighted by Crippen LogP contribution is 2.20. The van der Waals surface area contributed by atoms with Crippen molar-refractivity contribution < 1.29 is 19.1 Å². The van der Waals surface area contributed by atoms with Gasteiger partial charge in [-0.15, -0.1) is 23.2 Å². The minimum absolute atomic E-state index is 0.0691. The lowest BCUT2D eigenvalue weighted by Gasteiger charge is -2.06. The molecule has 0 spiro atoms. The molecule has 0 aromatic carbocycles. The minimum atomic E-state index is -0.473. The number of hydrogen-bond donors (Lipinski definition) is 0. The summed E-state index contributed by atoms with van der Waals surface area (Å²) in [6.07, 6.45) is 0. The Bertz CT molecular complexity index is 327. The van der Waals surface area contributed by atoms with Crippen LogP contribution in [0.3, 0.4) is 0 Å². The van der Waals surface area contributed by atoms with Crippen molar-refractivity contribution in [3.63, 3.8) is 0 Å². The monoisotopic (exact) mass is 358 g/mol. The number of halogens is 2. The van der Waals surface area contributed by atoms with Crippen LogP contribution in [0.2, 0.25) is 0 Å². The number of rotatable bonds is 11. The van der Waals surface area contributed by atoms with Gasteiger partial charge >= 0.3 is 11.9 Å². The topological polar surface area (TPSA) is 52.6 Å². The standard InChI is InChI=1S/C12H16Cl2O4S2/c1-9(7-13)11(15)17-3-5-19-20-6-4-18-12(16)10(2)8-14/h1-8H2. The van der Waals surface area contributed by atoms with Crippen LogP contribution in [0.1, 0.15) is 0 Å². The maximum atomic E-state index is 11.2.